The van der Waals surface area contributed by atoms with Gasteiger partial charge in [0.1, 0.15) is 41.4 Å². The van der Waals surface area contributed by atoms with E-state index in [4.69, 9.17) is 14.1 Å². The molecule has 5 aromatic carbocycles. The first-order valence-electron chi connectivity index (χ1n) is 17.7. The van der Waals surface area contributed by atoms with Crippen LogP contribution in [0.1, 0.15) is 63.8 Å². The Morgan fingerprint density at radius 2 is 1.65 bits per heavy atom. The topological polar surface area (TPSA) is 58.8 Å². The monoisotopic (exact) mass is 679 g/mol. The first-order chi connectivity index (χ1) is 25.3. The van der Waals surface area contributed by atoms with Gasteiger partial charge in [0.25, 0.3) is 0 Å². The van der Waals surface area contributed by atoms with Crippen molar-refractivity contribution in [3.05, 3.63) is 173 Å². The summed E-state index contributed by atoms with van der Waals surface area (Å²) in [5, 5.41) is 11.4. The van der Waals surface area contributed by atoms with Crippen LogP contribution in [0.25, 0.3) is 42.8 Å². The largest absolute Gasteiger partial charge is 0.484 e. The number of aliphatic imine (C=N–C) groups is 1. The fraction of sp³-hybridized carbons (Fsp3) is 0.133. The number of aryl methyl sites for hydroxylation is 1. The van der Waals surface area contributed by atoms with Gasteiger partial charge in [-0.1, -0.05) is 115 Å². The first-order valence-corrected chi connectivity index (χ1v) is 18.5. The van der Waals surface area contributed by atoms with E-state index in [1.165, 1.54) is 48.0 Å². The highest BCUT2D eigenvalue weighted by atomic mass is 32.1. The van der Waals surface area contributed by atoms with Crippen molar-refractivity contribution in [2.24, 2.45) is 4.99 Å². The lowest BCUT2D eigenvalue weighted by Crippen LogP contribution is -2.45. The molecule has 7 aromatic rings. The van der Waals surface area contributed by atoms with Gasteiger partial charge in [-0.05, 0) is 36.2 Å². The quantitative estimate of drug-likeness (QED) is 0.194. The summed E-state index contributed by atoms with van der Waals surface area (Å²) in [6.07, 6.45) is 12.6. The molecule has 51 heavy (non-hydrogen) atoms. The van der Waals surface area contributed by atoms with Crippen molar-refractivity contribution in [2.75, 3.05) is 0 Å². The van der Waals surface area contributed by atoms with Crippen molar-refractivity contribution in [3.63, 3.8) is 0 Å². The SMILES string of the molecule is C1=C[C@H]2c3ccccc3OC2C(c2ccc3sc4c(C5N=C(c6ccccc6)NC(c6cccc7oc8c(c67)C=CCC8)N5)cccc4c3c2)=C1. The number of rotatable bonds is 4. The molecule has 0 radical (unpaired) electrons. The second-order valence-electron chi connectivity index (χ2n) is 13.7. The molecule has 2 aliphatic carbocycles. The summed E-state index contributed by atoms with van der Waals surface area (Å²) >= 11 is 1.84. The van der Waals surface area contributed by atoms with Crippen LogP contribution >= 0.6 is 11.3 Å². The zero-order chi connectivity index (χ0) is 33.5. The van der Waals surface area contributed by atoms with Crippen molar-refractivity contribution >= 4 is 60.0 Å². The van der Waals surface area contributed by atoms with Gasteiger partial charge >= 0.3 is 0 Å². The normalized spacial score (nSPS) is 21.9. The Labute approximate surface area is 299 Å². The summed E-state index contributed by atoms with van der Waals surface area (Å²) in [7, 11) is 0. The number of benzene rings is 5. The molecule has 3 unspecified atom stereocenters. The van der Waals surface area contributed by atoms with Gasteiger partial charge in [0.2, 0.25) is 0 Å². The van der Waals surface area contributed by atoms with Crippen molar-refractivity contribution < 1.29 is 9.15 Å². The van der Waals surface area contributed by atoms with E-state index in [1.54, 1.807) is 0 Å². The molecule has 0 amide bonds. The van der Waals surface area contributed by atoms with Crippen molar-refractivity contribution in [1.82, 2.24) is 10.6 Å². The molecule has 0 bridgehead atoms. The van der Waals surface area contributed by atoms with Gasteiger partial charge in [-0.15, -0.1) is 11.3 Å². The van der Waals surface area contributed by atoms with Gasteiger partial charge in [0.15, 0.2) is 0 Å². The van der Waals surface area contributed by atoms with Crippen LogP contribution in [-0.4, -0.2) is 11.9 Å². The third kappa shape index (κ3) is 4.60. The fourth-order valence-electron chi connectivity index (χ4n) is 8.43. The minimum absolute atomic E-state index is 0.0206. The predicted octanol–water partition coefficient (Wildman–Crippen LogP) is 10.6. The number of allylic oxidation sites excluding steroid dienone is 3. The first kappa shape index (κ1) is 29.1. The van der Waals surface area contributed by atoms with E-state index >= 15 is 0 Å². The van der Waals surface area contributed by atoms with Crippen LogP contribution in [0, 0.1) is 0 Å². The van der Waals surface area contributed by atoms with Crippen LogP contribution in [0.2, 0.25) is 0 Å². The second-order valence-corrected chi connectivity index (χ2v) is 14.8. The Bertz CT molecular complexity index is 2660. The van der Waals surface area contributed by atoms with Gasteiger partial charge in [0, 0.05) is 71.3 Å². The average Bonchev–Trinajstić information content (AvgIpc) is 3.89. The molecule has 4 aliphatic rings. The third-order valence-corrected chi connectivity index (χ3v) is 12.1. The van der Waals surface area contributed by atoms with E-state index in [1.807, 2.05) is 11.3 Å². The molecule has 0 saturated heterocycles. The number of hydrogen-bond donors (Lipinski definition) is 2. The van der Waals surface area contributed by atoms with Gasteiger partial charge in [-0.2, -0.15) is 0 Å². The summed E-state index contributed by atoms with van der Waals surface area (Å²) in [6, 6.07) is 38.9. The maximum absolute atomic E-state index is 6.55. The second kappa shape index (κ2) is 11.4. The smallest absolute Gasteiger partial charge is 0.135 e. The minimum Gasteiger partial charge on any atom is -0.484 e. The van der Waals surface area contributed by atoms with Crippen LogP contribution in [0.4, 0.5) is 0 Å². The molecular formula is C45H33N3O2S. The van der Waals surface area contributed by atoms with Gasteiger partial charge in [-0.25, -0.2) is 4.99 Å². The fourth-order valence-corrected chi connectivity index (χ4v) is 9.65. The lowest BCUT2D eigenvalue weighted by Gasteiger charge is -2.32. The van der Waals surface area contributed by atoms with Crippen LogP contribution in [-0.2, 0) is 6.42 Å². The highest BCUT2D eigenvalue weighted by molar-refractivity contribution is 7.26. The number of amidine groups is 1. The Hall–Kier alpha value is -5.69. The molecular weight excluding hydrogens is 647 g/mol. The Balaban J connectivity index is 1.02. The van der Waals surface area contributed by atoms with Crippen molar-refractivity contribution in [3.8, 4) is 5.75 Å². The number of fused-ring (bicyclic) bond motifs is 9. The average molecular weight is 680 g/mol. The van der Waals surface area contributed by atoms with Crippen LogP contribution in [0.15, 0.2) is 143 Å². The van der Waals surface area contributed by atoms with E-state index in [0.29, 0.717) is 0 Å². The standard InChI is InChI=1S/C45H33N3O2S/c1-2-11-26(12-3-1)43-46-44(33-18-10-22-38-40(33)32-14-5-7-21-37(32)49-38)48-45(47-43)34-19-9-17-31-35-25-27(23-24-39(35)51-42(31)34)28-15-8-16-30-29-13-4-6-20-36(29)50-41(28)30/h1-6,8-20,22-25,30,41,44-45,48H,7,21H2,(H,46,47)/t30-,41?,44?,45?/m0/s1. The summed E-state index contributed by atoms with van der Waals surface area (Å²) in [5.74, 6) is 3.16. The van der Waals surface area contributed by atoms with E-state index in [2.05, 4.69) is 150 Å². The lowest BCUT2D eigenvalue weighted by molar-refractivity contribution is 0.278. The zero-order valence-corrected chi connectivity index (χ0v) is 28.5. The Morgan fingerprint density at radius 1 is 0.784 bits per heavy atom. The summed E-state index contributed by atoms with van der Waals surface area (Å²) < 4.78 is 15.4. The molecule has 2 N–H and O–H groups in total. The Kier molecular flexibility index (Phi) is 6.51. The van der Waals surface area contributed by atoms with Crippen molar-refractivity contribution in [1.29, 1.82) is 0 Å². The van der Waals surface area contributed by atoms with Gasteiger partial charge in [-0.3, -0.25) is 5.32 Å². The molecule has 4 atom stereocenters. The maximum atomic E-state index is 6.55. The number of thiophene rings is 1. The number of furan rings is 1. The molecule has 6 heteroatoms. The van der Waals surface area contributed by atoms with Crippen LogP contribution in [0.5, 0.6) is 5.75 Å². The molecule has 5 nitrogen and oxygen atoms in total. The number of hydrogen-bond acceptors (Lipinski definition) is 6. The molecule has 0 spiro atoms. The highest BCUT2D eigenvalue weighted by Gasteiger charge is 2.37. The molecule has 4 heterocycles. The van der Waals surface area contributed by atoms with Crippen LogP contribution < -0.4 is 15.4 Å². The number of nitrogens with one attached hydrogen (secondary N) is 2. The molecule has 0 saturated carbocycles. The van der Waals surface area contributed by atoms with Gasteiger partial charge in [0.05, 0.1) is 0 Å². The molecule has 2 aromatic heterocycles. The highest BCUT2D eigenvalue weighted by Crippen LogP contribution is 2.47. The number of para-hydroxylation sites is 1. The lowest BCUT2D eigenvalue weighted by atomic mass is 9.84. The Morgan fingerprint density at radius 3 is 2.61 bits per heavy atom. The number of nitrogens with zero attached hydrogens (tertiary/aromatic N) is 1. The van der Waals surface area contributed by atoms with Crippen molar-refractivity contribution in [2.45, 2.75) is 37.2 Å². The maximum Gasteiger partial charge on any atom is 0.135 e. The van der Waals surface area contributed by atoms with E-state index in [9.17, 15) is 0 Å². The van der Waals surface area contributed by atoms with E-state index in [-0.39, 0.29) is 24.4 Å². The molecule has 2 aliphatic heterocycles. The number of ether oxygens (including phenoxy) is 1. The molecule has 0 fully saturated rings. The summed E-state index contributed by atoms with van der Waals surface area (Å²) in [4.78, 5) is 5.35. The summed E-state index contributed by atoms with van der Waals surface area (Å²) in [5.41, 5.74) is 9.21. The van der Waals surface area contributed by atoms with Crippen LogP contribution in [0.3, 0.4) is 0 Å². The van der Waals surface area contributed by atoms with E-state index < -0.39 is 0 Å². The van der Waals surface area contributed by atoms with E-state index in [0.717, 1.165) is 52.3 Å². The van der Waals surface area contributed by atoms with Gasteiger partial charge < -0.3 is 14.5 Å². The molecule has 11 rings (SSSR count). The zero-order valence-electron chi connectivity index (χ0n) is 27.7. The minimum atomic E-state index is -0.270. The summed E-state index contributed by atoms with van der Waals surface area (Å²) in [6.45, 7) is 0. The predicted molar refractivity (Wildman–Crippen MR) is 208 cm³/mol. The molecule has 246 valence electrons. The third-order valence-electron chi connectivity index (χ3n) is 10.8.